The summed E-state index contributed by atoms with van der Waals surface area (Å²) in [5.41, 5.74) is 0. The van der Waals surface area contributed by atoms with Gasteiger partial charge in [-0.2, -0.15) is 0 Å². The number of thiophene rings is 1. The number of carbonyl (C=O) groups excluding carboxylic acids is 2. The van der Waals surface area contributed by atoms with E-state index in [9.17, 15) is 19.8 Å². The van der Waals surface area contributed by atoms with Crippen molar-refractivity contribution in [3.05, 3.63) is 9.75 Å². The van der Waals surface area contributed by atoms with Crippen molar-refractivity contribution in [2.24, 2.45) is 0 Å². The largest absolute Gasteiger partial charge is 0.503 e. The Labute approximate surface area is 137 Å². The highest BCUT2D eigenvalue weighted by molar-refractivity contribution is 7.16. The standard InChI is InChI=1S/C14H20O8S/c1-3-19-5-7-21-13(17)11-9(15)10(16)12(23-11)14(18)22-8-6-20-4-2/h15-16H,3-8H2,1-2H3. The Hall–Kier alpha value is -1.84. The Bertz CT molecular complexity index is 481. The summed E-state index contributed by atoms with van der Waals surface area (Å²) in [4.78, 5) is 23.1. The van der Waals surface area contributed by atoms with E-state index in [1.807, 2.05) is 0 Å². The zero-order valence-corrected chi connectivity index (χ0v) is 13.8. The molecule has 0 saturated heterocycles. The molecule has 23 heavy (non-hydrogen) atoms. The Morgan fingerprint density at radius 3 is 1.57 bits per heavy atom. The number of carbonyl (C=O) groups is 2. The van der Waals surface area contributed by atoms with Crippen molar-refractivity contribution in [3.8, 4) is 11.5 Å². The molecular formula is C14H20O8S. The van der Waals surface area contributed by atoms with Crippen molar-refractivity contribution in [2.45, 2.75) is 13.8 Å². The highest BCUT2D eigenvalue weighted by Gasteiger charge is 2.28. The third-order valence-corrected chi connectivity index (χ3v) is 3.69. The predicted octanol–water partition coefficient (Wildman–Crippen LogP) is 1.55. The lowest BCUT2D eigenvalue weighted by molar-refractivity contribution is 0.0332. The van der Waals surface area contributed by atoms with E-state index < -0.39 is 23.4 Å². The van der Waals surface area contributed by atoms with E-state index in [-0.39, 0.29) is 36.2 Å². The molecule has 2 N–H and O–H groups in total. The molecule has 0 fully saturated rings. The minimum absolute atomic E-state index is 0.00108. The van der Waals surface area contributed by atoms with Crippen LogP contribution in [0.2, 0.25) is 0 Å². The molecule has 0 aliphatic carbocycles. The molecular weight excluding hydrogens is 328 g/mol. The molecule has 0 spiro atoms. The fraction of sp³-hybridized carbons (Fsp3) is 0.571. The average Bonchev–Trinajstić information content (AvgIpc) is 2.84. The summed E-state index contributed by atoms with van der Waals surface area (Å²) >= 11 is 0.599. The minimum atomic E-state index is -0.851. The van der Waals surface area contributed by atoms with E-state index in [4.69, 9.17) is 18.9 Å². The molecule has 9 heteroatoms. The first kappa shape index (κ1) is 19.2. The lowest BCUT2D eigenvalue weighted by Crippen LogP contribution is -2.10. The second-order valence-corrected chi connectivity index (χ2v) is 5.14. The monoisotopic (exact) mass is 348 g/mol. The van der Waals surface area contributed by atoms with Crippen molar-refractivity contribution in [2.75, 3.05) is 39.6 Å². The first-order valence-corrected chi connectivity index (χ1v) is 7.88. The second-order valence-electron chi connectivity index (χ2n) is 4.12. The van der Waals surface area contributed by atoms with Crippen molar-refractivity contribution in [1.82, 2.24) is 0 Å². The van der Waals surface area contributed by atoms with Crippen LogP contribution in [0, 0.1) is 0 Å². The Morgan fingerprint density at radius 1 is 0.826 bits per heavy atom. The summed E-state index contributed by atoms with van der Waals surface area (Å²) in [6, 6.07) is 0. The fourth-order valence-electron chi connectivity index (χ4n) is 1.50. The number of hydrogen-bond donors (Lipinski definition) is 2. The van der Waals surface area contributed by atoms with Crippen molar-refractivity contribution in [3.63, 3.8) is 0 Å². The molecule has 1 aromatic heterocycles. The van der Waals surface area contributed by atoms with Gasteiger partial charge in [0.2, 0.25) is 0 Å². The lowest BCUT2D eigenvalue weighted by Gasteiger charge is -2.03. The summed E-state index contributed by atoms with van der Waals surface area (Å²) in [7, 11) is 0. The van der Waals surface area contributed by atoms with Gasteiger partial charge in [0.05, 0.1) is 13.2 Å². The van der Waals surface area contributed by atoms with Crippen LogP contribution in [0.15, 0.2) is 0 Å². The zero-order valence-electron chi connectivity index (χ0n) is 13.0. The second kappa shape index (κ2) is 10.0. The quantitative estimate of drug-likeness (QED) is 0.484. The van der Waals surface area contributed by atoms with Crippen LogP contribution in [0.5, 0.6) is 11.5 Å². The van der Waals surface area contributed by atoms with Crippen LogP contribution in [0.4, 0.5) is 0 Å². The van der Waals surface area contributed by atoms with E-state index in [1.54, 1.807) is 13.8 Å². The smallest absolute Gasteiger partial charge is 0.352 e. The summed E-state index contributed by atoms with van der Waals surface area (Å²) in [6.07, 6.45) is 0. The van der Waals surface area contributed by atoms with E-state index in [2.05, 4.69) is 0 Å². The van der Waals surface area contributed by atoms with Crippen LogP contribution in [-0.2, 0) is 18.9 Å². The average molecular weight is 348 g/mol. The van der Waals surface area contributed by atoms with E-state index in [1.165, 1.54) is 0 Å². The van der Waals surface area contributed by atoms with Gasteiger partial charge in [-0.25, -0.2) is 9.59 Å². The van der Waals surface area contributed by atoms with Crippen molar-refractivity contribution >= 4 is 23.3 Å². The van der Waals surface area contributed by atoms with Crippen LogP contribution in [-0.4, -0.2) is 61.8 Å². The Kier molecular flexibility index (Phi) is 8.38. The number of esters is 2. The molecule has 8 nitrogen and oxygen atoms in total. The van der Waals surface area contributed by atoms with Gasteiger partial charge in [0.25, 0.3) is 0 Å². The molecule has 0 unspecified atom stereocenters. The Morgan fingerprint density at radius 2 is 1.22 bits per heavy atom. The number of aromatic hydroxyl groups is 2. The van der Waals surface area contributed by atoms with Crippen LogP contribution in [0.3, 0.4) is 0 Å². The van der Waals surface area contributed by atoms with Crippen LogP contribution >= 0.6 is 11.3 Å². The lowest BCUT2D eigenvalue weighted by atomic mass is 10.3. The number of rotatable bonds is 10. The SMILES string of the molecule is CCOCCOC(=O)c1sc(C(=O)OCCOCC)c(O)c1O. The van der Waals surface area contributed by atoms with Crippen LogP contribution in [0.25, 0.3) is 0 Å². The van der Waals surface area contributed by atoms with E-state index >= 15 is 0 Å². The predicted molar refractivity (Wildman–Crippen MR) is 81.2 cm³/mol. The maximum absolute atomic E-state index is 11.8. The third kappa shape index (κ3) is 5.70. The minimum Gasteiger partial charge on any atom is -0.503 e. The molecule has 0 aliphatic heterocycles. The van der Waals surface area contributed by atoms with Crippen LogP contribution < -0.4 is 0 Å². The molecule has 0 atom stereocenters. The molecule has 130 valence electrons. The number of hydrogen-bond acceptors (Lipinski definition) is 9. The molecule has 0 aromatic carbocycles. The molecule has 0 bridgehead atoms. The molecule has 0 radical (unpaired) electrons. The topological polar surface area (TPSA) is 112 Å². The molecule has 0 amide bonds. The van der Waals surface area contributed by atoms with E-state index in [0.717, 1.165) is 0 Å². The first-order valence-electron chi connectivity index (χ1n) is 7.07. The fourth-order valence-corrected chi connectivity index (χ4v) is 2.37. The maximum Gasteiger partial charge on any atom is 0.352 e. The van der Waals surface area contributed by atoms with Crippen LogP contribution in [0.1, 0.15) is 33.2 Å². The number of ether oxygens (including phenoxy) is 4. The maximum atomic E-state index is 11.8. The van der Waals surface area contributed by atoms with Gasteiger partial charge in [0, 0.05) is 13.2 Å². The molecule has 1 rings (SSSR count). The van der Waals surface area contributed by atoms with Gasteiger partial charge >= 0.3 is 11.9 Å². The summed E-state index contributed by atoms with van der Waals surface area (Å²) in [5, 5.41) is 19.5. The van der Waals surface area contributed by atoms with Gasteiger partial charge in [-0.15, -0.1) is 11.3 Å². The van der Waals surface area contributed by atoms with Crippen molar-refractivity contribution < 1.29 is 38.7 Å². The molecule has 0 saturated carbocycles. The van der Waals surface area contributed by atoms with Gasteiger partial charge in [0.15, 0.2) is 21.3 Å². The summed E-state index contributed by atoms with van der Waals surface area (Å²) < 4.78 is 19.8. The van der Waals surface area contributed by atoms with Gasteiger partial charge in [-0.3, -0.25) is 0 Å². The van der Waals surface area contributed by atoms with Gasteiger partial charge < -0.3 is 29.2 Å². The Balaban J connectivity index is 2.66. The molecule has 1 heterocycles. The summed E-state index contributed by atoms with van der Waals surface area (Å²) in [5.74, 6) is -3.10. The van der Waals surface area contributed by atoms with Gasteiger partial charge in [-0.05, 0) is 13.8 Å². The summed E-state index contributed by atoms with van der Waals surface area (Å²) in [6.45, 7) is 5.00. The molecule has 0 aliphatic rings. The normalized spacial score (nSPS) is 10.5. The van der Waals surface area contributed by atoms with Crippen molar-refractivity contribution in [1.29, 1.82) is 0 Å². The van der Waals surface area contributed by atoms with Gasteiger partial charge in [0.1, 0.15) is 13.2 Å². The molecule has 1 aromatic rings. The highest BCUT2D eigenvalue weighted by atomic mass is 32.1. The first-order chi connectivity index (χ1) is 11.0. The van der Waals surface area contributed by atoms with E-state index in [0.29, 0.717) is 24.6 Å². The highest BCUT2D eigenvalue weighted by Crippen LogP contribution is 2.41. The third-order valence-electron chi connectivity index (χ3n) is 2.56. The zero-order chi connectivity index (χ0) is 17.2. The van der Waals surface area contributed by atoms with Gasteiger partial charge in [-0.1, -0.05) is 0 Å².